The summed E-state index contributed by atoms with van der Waals surface area (Å²) in [7, 11) is 0.846. The van der Waals surface area contributed by atoms with E-state index in [2.05, 4.69) is 13.8 Å². The van der Waals surface area contributed by atoms with Crippen LogP contribution >= 0.6 is 0 Å². The van der Waals surface area contributed by atoms with Crippen molar-refractivity contribution in [2.24, 2.45) is 0 Å². The maximum absolute atomic E-state index is 5.62. The third kappa shape index (κ3) is 12.8. The molecule has 0 aromatic heterocycles. The molecule has 0 unspecified atom stereocenters. The Morgan fingerprint density at radius 1 is 0.900 bits per heavy atom. The topological polar surface area (TPSA) is 36.9 Å². The van der Waals surface area contributed by atoms with Crippen LogP contribution in [-0.4, -0.2) is 36.4 Å². The van der Waals surface area contributed by atoms with Crippen molar-refractivity contribution in [2.45, 2.75) is 59.4 Å². The van der Waals surface area contributed by atoms with Crippen LogP contribution in [0, 0.1) is 0 Å². The molecule has 0 aromatic rings. The van der Waals surface area contributed by atoms with Crippen LogP contribution in [0.5, 0.6) is 0 Å². The molecule has 0 bridgehead atoms. The predicted octanol–water partition coefficient (Wildman–Crippen LogP) is 4.39. The number of allylic oxidation sites excluding steroid dienone is 2. The van der Waals surface area contributed by atoms with Crippen LogP contribution in [0.4, 0.5) is 0 Å². The fourth-order valence-corrected chi connectivity index (χ4v) is 3.26. The number of hydrogen-bond donors (Lipinski definition) is 0. The van der Waals surface area contributed by atoms with E-state index >= 15 is 0 Å². The Morgan fingerprint density at radius 2 is 1.50 bits per heavy atom. The highest BCUT2D eigenvalue weighted by Gasteiger charge is 2.37. The van der Waals surface area contributed by atoms with Crippen LogP contribution in [0.1, 0.15) is 53.4 Å². The summed E-state index contributed by atoms with van der Waals surface area (Å²) in [6, 6.07) is 0.832. The summed E-state index contributed by atoms with van der Waals surface area (Å²) >= 11 is 0. The minimum Gasteiger partial charge on any atom is -0.377 e. The molecule has 0 rings (SSSR count). The molecule has 0 aliphatic heterocycles. The van der Waals surface area contributed by atoms with Gasteiger partial charge in [0.2, 0.25) is 0 Å². The van der Waals surface area contributed by atoms with E-state index in [1.54, 1.807) is 14.2 Å². The van der Waals surface area contributed by atoms with Crippen LogP contribution in [0.2, 0.25) is 6.04 Å². The van der Waals surface area contributed by atoms with E-state index in [-0.39, 0.29) is 6.79 Å². The fraction of sp³-hybridized carbons (Fsp3) is 0.867. The van der Waals surface area contributed by atoms with Gasteiger partial charge in [0.1, 0.15) is 6.79 Å². The molecule has 0 atom stereocenters. The van der Waals surface area contributed by atoms with Crippen molar-refractivity contribution < 1.29 is 18.0 Å². The standard InChI is InChI=1S/C11H26O4Si.C4H8/c1-5-7-8-9-14-11-15-16(12-3,13-4)10-6-2;1-3-4-2/h5-11H2,1-4H3;3-4H,1-2H3. The second-order valence-electron chi connectivity index (χ2n) is 4.39. The summed E-state index contributed by atoms with van der Waals surface area (Å²) in [5.41, 5.74) is 0. The van der Waals surface area contributed by atoms with Crippen molar-refractivity contribution in [1.82, 2.24) is 0 Å². The lowest BCUT2D eigenvalue weighted by molar-refractivity contribution is -0.0338. The predicted molar refractivity (Wildman–Crippen MR) is 86.8 cm³/mol. The summed E-state index contributed by atoms with van der Waals surface area (Å²) in [6.45, 7) is 9.28. The normalized spacial score (nSPS) is 11.5. The summed E-state index contributed by atoms with van der Waals surface area (Å²) in [5, 5.41) is 0. The first kappa shape index (κ1) is 22.1. The van der Waals surface area contributed by atoms with E-state index < -0.39 is 8.80 Å². The van der Waals surface area contributed by atoms with Gasteiger partial charge in [-0.2, -0.15) is 0 Å². The summed E-state index contributed by atoms with van der Waals surface area (Å²) in [4.78, 5) is 0. The molecule has 0 amide bonds. The van der Waals surface area contributed by atoms with Gasteiger partial charge >= 0.3 is 8.80 Å². The second kappa shape index (κ2) is 16.9. The first-order chi connectivity index (χ1) is 9.66. The molecule has 0 heterocycles. The van der Waals surface area contributed by atoms with Gasteiger partial charge in [-0.3, -0.25) is 0 Å². The number of unbranched alkanes of at least 4 members (excludes halogenated alkanes) is 2. The molecular weight excluding hydrogens is 272 g/mol. The minimum absolute atomic E-state index is 0.275. The number of hydrogen-bond acceptors (Lipinski definition) is 4. The van der Waals surface area contributed by atoms with Crippen molar-refractivity contribution in [3.8, 4) is 0 Å². The van der Waals surface area contributed by atoms with Gasteiger partial charge in [0.25, 0.3) is 0 Å². The van der Waals surface area contributed by atoms with E-state index in [4.69, 9.17) is 18.0 Å². The zero-order valence-corrected chi connectivity index (χ0v) is 15.2. The third-order valence-electron chi connectivity index (χ3n) is 2.77. The third-order valence-corrected chi connectivity index (χ3v) is 5.68. The molecule has 0 saturated carbocycles. The minimum atomic E-state index is -2.44. The Bertz CT molecular complexity index is 202. The van der Waals surface area contributed by atoms with Crippen LogP contribution in [0.25, 0.3) is 0 Å². The van der Waals surface area contributed by atoms with Gasteiger partial charge in [0.15, 0.2) is 0 Å². The molecule has 0 saturated heterocycles. The van der Waals surface area contributed by atoms with E-state index in [1.807, 2.05) is 26.0 Å². The molecular formula is C15H34O4Si. The summed E-state index contributed by atoms with van der Waals surface area (Å²) in [6.07, 6.45) is 8.48. The Morgan fingerprint density at radius 3 is 1.90 bits per heavy atom. The quantitative estimate of drug-likeness (QED) is 0.245. The zero-order valence-electron chi connectivity index (χ0n) is 14.2. The van der Waals surface area contributed by atoms with E-state index in [1.165, 1.54) is 12.8 Å². The molecule has 0 spiro atoms. The molecule has 20 heavy (non-hydrogen) atoms. The van der Waals surface area contributed by atoms with Gasteiger partial charge in [-0.1, -0.05) is 45.3 Å². The van der Waals surface area contributed by atoms with Crippen molar-refractivity contribution in [2.75, 3.05) is 27.6 Å². The van der Waals surface area contributed by atoms with Crippen LogP contribution < -0.4 is 0 Å². The van der Waals surface area contributed by atoms with Crippen LogP contribution in [0.15, 0.2) is 12.2 Å². The number of rotatable bonds is 11. The highest BCUT2D eigenvalue weighted by Crippen LogP contribution is 2.15. The average Bonchev–Trinajstić information content (AvgIpc) is 2.50. The molecule has 5 heteroatoms. The van der Waals surface area contributed by atoms with Gasteiger partial charge in [-0.15, -0.1) is 0 Å². The van der Waals surface area contributed by atoms with E-state index in [0.29, 0.717) is 0 Å². The van der Waals surface area contributed by atoms with E-state index in [9.17, 15) is 0 Å². The van der Waals surface area contributed by atoms with Gasteiger partial charge < -0.3 is 18.0 Å². The first-order valence-electron chi connectivity index (χ1n) is 7.55. The lowest BCUT2D eigenvalue weighted by Crippen LogP contribution is -2.44. The van der Waals surface area contributed by atoms with Gasteiger partial charge in [0, 0.05) is 26.9 Å². The number of ether oxygens (including phenoxy) is 1. The van der Waals surface area contributed by atoms with Gasteiger partial charge in [0.05, 0.1) is 0 Å². The SMILES string of the molecule is CC=CC.CCCCCOCO[Si](CCC)(OC)OC. The Kier molecular flexibility index (Phi) is 18.6. The average molecular weight is 307 g/mol. The maximum atomic E-state index is 5.62. The molecule has 0 N–H and O–H groups in total. The van der Waals surface area contributed by atoms with E-state index in [0.717, 1.165) is 25.5 Å². The Balaban J connectivity index is 0. The van der Waals surface area contributed by atoms with Crippen LogP contribution in [0.3, 0.4) is 0 Å². The monoisotopic (exact) mass is 306 g/mol. The lowest BCUT2D eigenvalue weighted by Gasteiger charge is -2.25. The Hall–Kier alpha value is -0.203. The maximum Gasteiger partial charge on any atom is 0.502 e. The molecule has 0 aliphatic carbocycles. The Labute approximate surface area is 126 Å². The molecule has 0 aromatic carbocycles. The summed E-state index contributed by atoms with van der Waals surface area (Å²) < 4.78 is 21.8. The van der Waals surface area contributed by atoms with Crippen molar-refractivity contribution in [3.05, 3.63) is 12.2 Å². The molecule has 0 fully saturated rings. The van der Waals surface area contributed by atoms with Crippen LogP contribution in [-0.2, 0) is 18.0 Å². The second-order valence-corrected chi connectivity index (χ2v) is 7.36. The molecule has 4 nitrogen and oxygen atoms in total. The highest BCUT2D eigenvalue weighted by molar-refractivity contribution is 6.60. The zero-order chi connectivity index (χ0) is 15.7. The van der Waals surface area contributed by atoms with Crippen molar-refractivity contribution in [3.63, 3.8) is 0 Å². The smallest absolute Gasteiger partial charge is 0.377 e. The first-order valence-corrected chi connectivity index (χ1v) is 9.48. The van der Waals surface area contributed by atoms with Crippen molar-refractivity contribution >= 4 is 8.80 Å². The fourth-order valence-electron chi connectivity index (χ4n) is 1.43. The van der Waals surface area contributed by atoms with Gasteiger partial charge in [-0.25, -0.2) is 0 Å². The summed E-state index contributed by atoms with van der Waals surface area (Å²) in [5.74, 6) is 0. The molecule has 122 valence electrons. The highest BCUT2D eigenvalue weighted by atomic mass is 28.4. The molecule has 0 aliphatic rings. The largest absolute Gasteiger partial charge is 0.502 e. The van der Waals surface area contributed by atoms with Gasteiger partial charge in [-0.05, 0) is 20.3 Å². The van der Waals surface area contributed by atoms with Crippen molar-refractivity contribution in [1.29, 1.82) is 0 Å². The lowest BCUT2D eigenvalue weighted by atomic mass is 10.3. The molecule has 0 radical (unpaired) electrons.